The molecule has 1 aromatic carbocycles. The number of rotatable bonds is 5. The van der Waals surface area contributed by atoms with Gasteiger partial charge in [-0.2, -0.15) is 0 Å². The van der Waals surface area contributed by atoms with Crippen LogP contribution in [0.2, 0.25) is 0 Å². The Morgan fingerprint density at radius 2 is 1.75 bits per heavy atom. The molecular formula is C17H25FN4O2. The maximum absolute atomic E-state index is 13.0. The van der Waals surface area contributed by atoms with Gasteiger partial charge in [-0.25, -0.2) is 4.39 Å². The van der Waals surface area contributed by atoms with E-state index in [1.165, 1.54) is 12.1 Å². The summed E-state index contributed by atoms with van der Waals surface area (Å²) in [7, 11) is 3.93. The zero-order valence-electron chi connectivity index (χ0n) is 14.3. The Morgan fingerprint density at radius 1 is 1.12 bits per heavy atom. The van der Waals surface area contributed by atoms with Crippen LogP contribution >= 0.6 is 0 Å². The highest BCUT2D eigenvalue weighted by atomic mass is 19.1. The molecule has 0 atom stereocenters. The van der Waals surface area contributed by atoms with E-state index in [0.717, 1.165) is 18.7 Å². The minimum absolute atomic E-state index is 0.265. The largest absolute Gasteiger partial charge is 0.368 e. The summed E-state index contributed by atoms with van der Waals surface area (Å²) in [5, 5.41) is 2.67. The van der Waals surface area contributed by atoms with Gasteiger partial charge in [-0.05, 0) is 51.3 Å². The molecule has 0 spiro atoms. The molecule has 0 radical (unpaired) electrons. The summed E-state index contributed by atoms with van der Waals surface area (Å²) in [4.78, 5) is 29.7. The first-order valence-electron chi connectivity index (χ1n) is 8.19. The van der Waals surface area contributed by atoms with Crippen LogP contribution in [0.1, 0.15) is 6.42 Å². The summed E-state index contributed by atoms with van der Waals surface area (Å²) in [5.41, 5.74) is 0.927. The third-order valence-electron chi connectivity index (χ3n) is 4.02. The van der Waals surface area contributed by atoms with E-state index in [-0.39, 0.29) is 5.82 Å². The van der Waals surface area contributed by atoms with Crippen molar-refractivity contribution < 1.29 is 14.0 Å². The van der Waals surface area contributed by atoms with Gasteiger partial charge in [0.25, 0.3) is 0 Å². The van der Waals surface area contributed by atoms with Gasteiger partial charge in [0.05, 0.1) is 0 Å². The van der Waals surface area contributed by atoms with E-state index < -0.39 is 11.8 Å². The molecule has 1 aromatic rings. The number of anilines is 1. The number of carbonyl (C=O) groups excluding carboxylic acids is 2. The van der Waals surface area contributed by atoms with E-state index in [0.29, 0.717) is 32.7 Å². The second kappa shape index (κ2) is 8.63. The van der Waals surface area contributed by atoms with Crippen LogP contribution in [0.25, 0.3) is 0 Å². The SMILES string of the molecule is CN(C)CCCNC(=O)C(=O)N1CCN(c2ccc(F)cc2)CC1. The zero-order chi connectivity index (χ0) is 17.5. The lowest BCUT2D eigenvalue weighted by Gasteiger charge is -2.35. The number of nitrogens with one attached hydrogen (secondary N) is 1. The van der Waals surface area contributed by atoms with E-state index in [1.54, 1.807) is 17.0 Å². The van der Waals surface area contributed by atoms with Crippen LogP contribution in [0, 0.1) is 5.82 Å². The lowest BCUT2D eigenvalue weighted by atomic mass is 10.2. The summed E-state index contributed by atoms with van der Waals surface area (Å²) in [6.45, 7) is 3.60. The normalized spacial score (nSPS) is 14.8. The highest BCUT2D eigenvalue weighted by molar-refractivity contribution is 6.35. The molecule has 0 saturated carbocycles. The smallest absolute Gasteiger partial charge is 0.312 e. The summed E-state index contributed by atoms with van der Waals surface area (Å²) < 4.78 is 13.0. The Kier molecular flexibility index (Phi) is 6.54. The summed E-state index contributed by atoms with van der Waals surface area (Å²) in [6.07, 6.45) is 0.810. The van der Waals surface area contributed by atoms with Gasteiger partial charge < -0.3 is 20.0 Å². The van der Waals surface area contributed by atoms with E-state index in [4.69, 9.17) is 0 Å². The fraction of sp³-hybridized carbons (Fsp3) is 0.529. The van der Waals surface area contributed by atoms with E-state index in [9.17, 15) is 14.0 Å². The molecule has 0 aliphatic carbocycles. The Bertz CT molecular complexity index is 554. The number of hydrogen-bond donors (Lipinski definition) is 1. The second-order valence-electron chi connectivity index (χ2n) is 6.17. The van der Waals surface area contributed by atoms with Gasteiger partial charge in [-0.1, -0.05) is 0 Å². The first kappa shape index (κ1) is 18.2. The molecule has 1 N–H and O–H groups in total. The van der Waals surface area contributed by atoms with Crippen LogP contribution in [0.3, 0.4) is 0 Å². The Balaban J connectivity index is 1.75. The van der Waals surface area contributed by atoms with Crippen LogP contribution in [-0.4, -0.2) is 75.0 Å². The van der Waals surface area contributed by atoms with Crippen molar-refractivity contribution in [3.63, 3.8) is 0 Å². The molecule has 0 bridgehead atoms. The molecule has 0 aromatic heterocycles. The lowest BCUT2D eigenvalue weighted by molar-refractivity contribution is -0.146. The molecule has 0 unspecified atom stereocenters. The number of piperazine rings is 1. The minimum Gasteiger partial charge on any atom is -0.368 e. The van der Waals surface area contributed by atoms with Crippen molar-refractivity contribution in [2.24, 2.45) is 0 Å². The molecular weight excluding hydrogens is 311 g/mol. The van der Waals surface area contributed by atoms with Gasteiger partial charge in [-0.15, -0.1) is 0 Å². The maximum Gasteiger partial charge on any atom is 0.312 e. The first-order valence-corrected chi connectivity index (χ1v) is 8.19. The topological polar surface area (TPSA) is 55.9 Å². The molecule has 1 heterocycles. The third-order valence-corrected chi connectivity index (χ3v) is 4.02. The van der Waals surface area contributed by atoms with E-state index >= 15 is 0 Å². The van der Waals surface area contributed by atoms with Crippen molar-refractivity contribution in [2.75, 3.05) is 58.3 Å². The minimum atomic E-state index is -0.538. The number of hydrogen-bond acceptors (Lipinski definition) is 4. The maximum atomic E-state index is 13.0. The molecule has 7 heteroatoms. The first-order chi connectivity index (χ1) is 11.5. The molecule has 1 aliphatic heterocycles. The monoisotopic (exact) mass is 336 g/mol. The standard InChI is InChI=1S/C17H25FN4O2/c1-20(2)9-3-8-19-16(23)17(24)22-12-10-21(11-13-22)15-6-4-14(18)5-7-15/h4-7H,3,8-13H2,1-2H3,(H,19,23). The Labute approximate surface area is 142 Å². The summed E-state index contributed by atoms with van der Waals surface area (Å²) >= 11 is 0. The number of halogens is 1. The molecule has 132 valence electrons. The van der Waals surface area contributed by atoms with Crippen LogP contribution < -0.4 is 10.2 Å². The number of carbonyl (C=O) groups is 2. The van der Waals surface area contributed by atoms with Crippen LogP contribution in [0.4, 0.5) is 10.1 Å². The molecule has 6 nitrogen and oxygen atoms in total. The molecule has 2 amide bonds. The van der Waals surface area contributed by atoms with Crippen LogP contribution in [0.15, 0.2) is 24.3 Å². The van der Waals surface area contributed by atoms with Gasteiger partial charge in [0.2, 0.25) is 0 Å². The number of amides is 2. The molecule has 1 fully saturated rings. The third kappa shape index (κ3) is 5.19. The van der Waals surface area contributed by atoms with Crippen LogP contribution in [-0.2, 0) is 9.59 Å². The molecule has 2 rings (SSSR count). The zero-order valence-corrected chi connectivity index (χ0v) is 14.3. The average Bonchev–Trinajstić information content (AvgIpc) is 2.58. The Hall–Kier alpha value is -2.15. The average molecular weight is 336 g/mol. The quantitative estimate of drug-likeness (QED) is 0.630. The fourth-order valence-electron chi connectivity index (χ4n) is 2.64. The van der Waals surface area contributed by atoms with E-state index in [1.807, 2.05) is 19.0 Å². The fourth-order valence-corrected chi connectivity index (χ4v) is 2.64. The molecule has 24 heavy (non-hydrogen) atoms. The predicted molar refractivity (Wildman–Crippen MR) is 91.4 cm³/mol. The summed E-state index contributed by atoms with van der Waals surface area (Å²) in [5.74, 6) is -1.28. The van der Waals surface area contributed by atoms with E-state index in [2.05, 4.69) is 10.2 Å². The van der Waals surface area contributed by atoms with Gasteiger partial charge >= 0.3 is 11.8 Å². The van der Waals surface area contributed by atoms with Gasteiger partial charge in [0, 0.05) is 38.4 Å². The van der Waals surface area contributed by atoms with Crippen molar-refractivity contribution >= 4 is 17.5 Å². The molecule has 1 saturated heterocycles. The highest BCUT2D eigenvalue weighted by Crippen LogP contribution is 2.16. The van der Waals surface area contributed by atoms with Crippen molar-refractivity contribution in [3.8, 4) is 0 Å². The highest BCUT2D eigenvalue weighted by Gasteiger charge is 2.25. The Morgan fingerprint density at radius 3 is 2.33 bits per heavy atom. The van der Waals surface area contributed by atoms with Gasteiger partial charge in [-0.3, -0.25) is 9.59 Å². The molecule has 1 aliphatic rings. The van der Waals surface area contributed by atoms with Crippen LogP contribution in [0.5, 0.6) is 0 Å². The number of nitrogens with zero attached hydrogens (tertiary/aromatic N) is 3. The van der Waals surface area contributed by atoms with Gasteiger partial charge in [0.15, 0.2) is 0 Å². The van der Waals surface area contributed by atoms with Crippen molar-refractivity contribution in [1.82, 2.24) is 15.1 Å². The lowest BCUT2D eigenvalue weighted by Crippen LogP contribution is -2.52. The summed E-state index contributed by atoms with van der Waals surface area (Å²) in [6, 6.07) is 6.30. The van der Waals surface area contributed by atoms with Crippen molar-refractivity contribution in [2.45, 2.75) is 6.42 Å². The predicted octanol–water partition coefficient (Wildman–Crippen LogP) is 0.542. The second-order valence-corrected chi connectivity index (χ2v) is 6.17. The van der Waals surface area contributed by atoms with Gasteiger partial charge in [0.1, 0.15) is 5.82 Å². The van der Waals surface area contributed by atoms with Crippen molar-refractivity contribution in [3.05, 3.63) is 30.1 Å². The number of benzene rings is 1. The van der Waals surface area contributed by atoms with Crippen molar-refractivity contribution in [1.29, 1.82) is 0 Å².